The maximum Gasteiger partial charge on any atom is 0.171 e. The molecule has 0 spiro atoms. The third kappa shape index (κ3) is 5.41. The summed E-state index contributed by atoms with van der Waals surface area (Å²) in [6.45, 7) is 6.99. The van der Waals surface area contributed by atoms with Crippen molar-refractivity contribution in [1.82, 2.24) is 5.32 Å². The van der Waals surface area contributed by atoms with Gasteiger partial charge in [0.25, 0.3) is 0 Å². The van der Waals surface area contributed by atoms with E-state index in [-0.39, 0.29) is 0 Å². The van der Waals surface area contributed by atoms with Crippen molar-refractivity contribution in [2.45, 2.75) is 20.4 Å². The van der Waals surface area contributed by atoms with E-state index in [0.29, 0.717) is 11.7 Å². The molecule has 0 atom stereocenters. The van der Waals surface area contributed by atoms with Crippen LogP contribution < -0.4 is 15.5 Å². The van der Waals surface area contributed by atoms with Gasteiger partial charge in [-0.25, -0.2) is 0 Å². The largest absolute Gasteiger partial charge is 0.372 e. The first-order valence-electron chi connectivity index (χ1n) is 7.76. The highest BCUT2D eigenvalue weighted by Gasteiger charge is 2.02. The quantitative estimate of drug-likeness (QED) is 0.742. The fourth-order valence-corrected chi connectivity index (χ4v) is 2.62. The summed E-state index contributed by atoms with van der Waals surface area (Å²) < 4.78 is 0. The normalized spacial score (nSPS) is 10.2. The van der Waals surface area contributed by atoms with Crippen LogP contribution in [0.1, 0.15) is 19.4 Å². The fourth-order valence-electron chi connectivity index (χ4n) is 2.30. The first-order valence-corrected chi connectivity index (χ1v) is 8.55. The summed E-state index contributed by atoms with van der Waals surface area (Å²) in [5.74, 6) is 0. The number of hydrogen-bond acceptors (Lipinski definition) is 2. The van der Waals surface area contributed by atoms with Crippen molar-refractivity contribution >= 4 is 40.3 Å². The van der Waals surface area contributed by atoms with E-state index in [2.05, 4.69) is 41.5 Å². The van der Waals surface area contributed by atoms with Gasteiger partial charge >= 0.3 is 0 Å². The molecule has 0 aliphatic carbocycles. The molecule has 0 heterocycles. The Morgan fingerprint density at radius 1 is 1.00 bits per heavy atom. The highest BCUT2D eigenvalue weighted by molar-refractivity contribution is 7.80. The Bertz CT molecular complexity index is 622. The Hall–Kier alpha value is -1.78. The zero-order valence-electron chi connectivity index (χ0n) is 13.5. The summed E-state index contributed by atoms with van der Waals surface area (Å²) >= 11 is 11.2. The van der Waals surface area contributed by atoms with Gasteiger partial charge in [-0.15, -0.1) is 0 Å². The van der Waals surface area contributed by atoms with E-state index in [1.165, 1.54) is 5.69 Å². The maximum atomic E-state index is 5.88. The third-order valence-electron chi connectivity index (χ3n) is 3.62. The van der Waals surface area contributed by atoms with Gasteiger partial charge in [-0.2, -0.15) is 0 Å². The van der Waals surface area contributed by atoms with Crippen molar-refractivity contribution in [3.63, 3.8) is 0 Å². The minimum absolute atomic E-state index is 0.607. The molecule has 0 amide bonds. The number of thiocarbonyl (C=S) groups is 1. The minimum atomic E-state index is 0.607. The fraction of sp³-hybridized carbons (Fsp3) is 0.278. The SMILES string of the molecule is CCN(CC)c1ccc(NC(=S)NCc2ccc(Cl)cc2)cc1. The number of benzene rings is 2. The Balaban J connectivity index is 1.86. The third-order valence-corrected chi connectivity index (χ3v) is 4.12. The topological polar surface area (TPSA) is 27.3 Å². The second kappa shape index (κ2) is 8.75. The lowest BCUT2D eigenvalue weighted by Crippen LogP contribution is -2.28. The molecule has 0 unspecified atom stereocenters. The van der Waals surface area contributed by atoms with E-state index in [4.69, 9.17) is 23.8 Å². The number of rotatable bonds is 6. The van der Waals surface area contributed by atoms with Crippen LogP contribution in [0.3, 0.4) is 0 Å². The van der Waals surface area contributed by atoms with Crippen LogP contribution in [0, 0.1) is 0 Å². The molecule has 2 N–H and O–H groups in total. The predicted octanol–water partition coefficient (Wildman–Crippen LogP) is 4.67. The second-order valence-electron chi connectivity index (χ2n) is 5.15. The monoisotopic (exact) mass is 347 g/mol. The van der Waals surface area contributed by atoms with Crippen molar-refractivity contribution in [2.75, 3.05) is 23.3 Å². The number of halogens is 1. The molecule has 5 heteroatoms. The van der Waals surface area contributed by atoms with Crippen LogP contribution in [0.15, 0.2) is 48.5 Å². The molecular weight excluding hydrogens is 326 g/mol. The van der Waals surface area contributed by atoms with E-state index >= 15 is 0 Å². The van der Waals surface area contributed by atoms with Crippen molar-refractivity contribution in [2.24, 2.45) is 0 Å². The van der Waals surface area contributed by atoms with Gasteiger partial charge in [0.2, 0.25) is 0 Å². The molecule has 2 rings (SSSR count). The Labute approximate surface area is 148 Å². The Morgan fingerprint density at radius 3 is 2.17 bits per heavy atom. The molecule has 122 valence electrons. The van der Waals surface area contributed by atoms with Gasteiger partial charge in [0.15, 0.2) is 5.11 Å². The molecule has 0 fully saturated rings. The highest BCUT2D eigenvalue weighted by Crippen LogP contribution is 2.17. The number of nitrogens with zero attached hydrogens (tertiary/aromatic N) is 1. The summed E-state index contributed by atoms with van der Waals surface area (Å²) in [5, 5.41) is 7.74. The van der Waals surface area contributed by atoms with Crippen molar-refractivity contribution in [3.05, 3.63) is 59.1 Å². The molecule has 0 saturated carbocycles. The van der Waals surface area contributed by atoms with Crippen molar-refractivity contribution in [3.8, 4) is 0 Å². The molecule has 0 aliphatic rings. The highest BCUT2D eigenvalue weighted by atomic mass is 35.5. The second-order valence-corrected chi connectivity index (χ2v) is 6.00. The van der Waals surface area contributed by atoms with E-state index in [1.54, 1.807) is 0 Å². The van der Waals surface area contributed by atoms with E-state index in [9.17, 15) is 0 Å². The molecule has 0 aliphatic heterocycles. The van der Waals surface area contributed by atoms with E-state index < -0.39 is 0 Å². The predicted molar refractivity (Wildman–Crippen MR) is 105 cm³/mol. The summed E-state index contributed by atoms with van der Waals surface area (Å²) in [6.07, 6.45) is 0. The molecule has 3 nitrogen and oxygen atoms in total. The molecule has 2 aromatic carbocycles. The van der Waals surface area contributed by atoms with Crippen LogP contribution in [0.25, 0.3) is 0 Å². The van der Waals surface area contributed by atoms with E-state index in [0.717, 1.165) is 29.4 Å². The molecule has 0 bridgehead atoms. The average Bonchev–Trinajstić information content (AvgIpc) is 2.57. The Morgan fingerprint density at radius 2 is 1.61 bits per heavy atom. The summed E-state index contributed by atoms with van der Waals surface area (Å²) in [6, 6.07) is 16.0. The van der Waals surface area contributed by atoms with Crippen LogP contribution in [-0.4, -0.2) is 18.2 Å². The summed E-state index contributed by atoms with van der Waals surface area (Å²) in [7, 11) is 0. The van der Waals surface area contributed by atoms with Gasteiger partial charge in [-0.05, 0) is 68.0 Å². The average molecular weight is 348 g/mol. The molecule has 0 aromatic heterocycles. The number of hydrogen-bond donors (Lipinski definition) is 2. The van der Waals surface area contributed by atoms with Gasteiger partial charge in [-0.1, -0.05) is 23.7 Å². The van der Waals surface area contributed by atoms with Crippen LogP contribution in [0.2, 0.25) is 5.02 Å². The first-order chi connectivity index (χ1) is 11.1. The van der Waals surface area contributed by atoms with Crippen molar-refractivity contribution in [1.29, 1.82) is 0 Å². The summed E-state index contributed by atoms with van der Waals surface area (Å²) in [5.41, 5.74) is 3.34. The number of nitrogens with one attached hydrogen (secondary N) is 2. The lowest BCUT2D eigenvalue weighted by molar-refractivity contribution is 0.866. The summed E-state index contributed by atoms with van der Waals surface area (Å²) in [4.78, 5) is 2.31. The van der Waals surface area contributed by atoms with Crippen LogP contribution >= 0.6 is 23.8 Å². The maximum absolute atomic E-state index is 5.88. The van der Waals surface area contributed by atoms with Gasteiger partial charge in [0, 0.05) is 36.0 Å². The molecule has 0 saturated heterocycles. The smallest absolute Gasteiger partial charge is 0.171 e. The van der Waals surface area contributed by atoms with Crippen LogP contribution in [0.5, 0.6) is 0 Å². The standard InChI is InChI=1S/C18H22ClN3S/c1-3-22(4-2)17-11-9-16(10-12-17)21-18(23)20-13-14-5-7-15(19)8-6-14/h5-12H,3-4,13H2,1-2H3,(H2,20,21,23). The van der Waals surface area contributed by atoms with Gasteiger partial charge in [-0.3, -0.25) is 0 Å². The molecule has 23 heavy (non-hydrogen) atoms. The van der Waals surface area contributed by atoms with Gasteiger partial charge in [0.05, 0.1) is 0 Å². The van der Waals surface area contributed by atoms with Crippen LogP contribution in [0.4, 0.5) is 11.4 Å². The lowest BCUT2D eigenvalue weighted by atomic mass is 10.2. The van der Waals surface area contributed by atoms with Crippen molar-refractivity contribution < 1.29 is 0 Å². The molecule has 0 radical (unpaired) electrons. The van der Waals surface area contributed by atoms with Gasteiger partial charge in [0.1, 0.15) is 0 Å². The zero-order chi connectivity index (χ0) is 16.7. The van der Waals surface area contributed by atoms with Crippen LogP contribution in [-0.2, 0) is 6.54 Å². The minimum Gasteiger partial charge on any atom is -0.372 e. The molecule has 2 aromatic rings. The zero-order valence-corrected chi connectivity index (χ0v) is 15.0. The van der Waals surface area contributed by atoms with Gasteiger partial charge < -0.3 is 15.5 Å². The number of anilines is 2. The molecular formula is C18H22ClN3S. The first kappa shape index (κ1) is 17.6. The lowest BCUT2D eigenvalue weighted by Gasteiger charge is -2.21. The Kier molecular flexibility index (Phi) is 6.68. The van der Waals surface area contributed by atoms with E-state index in [1.807, 2.05) is 36.4 Å².